The number of nitrogens with one attached hydrogen (secondary N) is 1. The first-order chi connectivity index (χ1) is 10.2. The topological polar surface area (TPSA) is 38.3 Å². The number of rotatable bonds is 6. The first-order valence-electron chi connectivity index (χ1n) is 8.22. The molecule has 3 unspecified atom stereocenters. The molecule has 0 aliphatic heterocycles. The third kappa shape index (κ3) is 4.57. The van der Waals surface area contributed by atoms with Crippen LogP contribution >= 0.6 is 0 Å². The first-order valence-corrected chi connectivity index (χ1v) is 8.22. The highest BCUT2D eigenvalue weighted by molar-refractivity contribution is 5.77. The fraction of sp³-hybridized carbons (Fsp3) is 0.611. The molecule has 1 aromatic rings. The molecule has 0 amide bonds. The highest BCUT2D eigenvalue weighted by Crippen LogP contribution is 2.28. The van der Waals surface area contributed by atoms with Crippen LogP contribution in [0, 0.1) is 5.92 Å². The fourth-order valence-electron chi connectivity index (χ4n) is 3.22. The Kier molecular flexibility index (Phi) is 6.24. The van der Waals surface area contributed by atoms with Crippen LogP contribution in [0.25, 0.3) is 0 Å². The molecule has 0 radical (unpaired) electrons. The number of hydrogen-bond acceptors (Lipinski definition) is 3. The van der Waals surface area contributed by atoms with Crippen LogP contribution in [0.1, 0.15) is 57.6 Å². The number of esters is 1. The molecular formula is C18H27NO2. The molecule has 1 aromatic carbocycles. The van der Waals surface area contributed by atoms with Crippen LogP contribution in [0.4, 0.5) is 0 Å². The average molecular weight is 289 g/mol. The van der Waals surface area contributed by atoms with Crippen molar-refractivity contribution in [3.05, 3.63) is 35.9 Å². The monoisotopic (exact) mass is 289 g/mol. The summed E-state index contributed by atoms with van der Waals surface area (Å²) < 4.78 is 5.25. The normalized spacial score (nSPS) is 23.5. The van der Waals surface area contributed by atoms with Gasteiger partial charge in [-0.15, -0.1) is 0 Å². The Hall–Kier alpha value is -1.35. The Labute approximate surface area is 128 Å². The minimum atomic E-state index is -0.341. The second-order valence-corrected chi connectivity index (χ2v) is 5.90. The van der Waals surface area contributed by atoms with Crippen molar-refractivity contribution in [1.29, 1.82) is 0 Å². The third-order valence-electron chi connectivity index (χ3n) is 4.42. The van der Waals surface area contributed by atoms with E-state index in [-0.39, 0.29) is 12.0 Å². The molecule has 0 heterocycles. The van der Waals surface area contributed by atoms with Gasteiger partial charge in [-0.25, -0.2) is 4.79 Å². The van der Waals surface area contributed by atoms with Gasteiger partial charge < -0.3 is 4.74 Å². The molecule has 1 fully saturated rings. The van der Waals surface area contributed by atoms with Gasteiger partial charge in [-0.05, 0) is 31.2 Å². The Morgan fingerprint density at radius 1 is 1.29 bits per heavy atom. The standard InChI is InChI=1S/C18H27NO2/c1-3-14-9-8-12-16(13-14)19-17(18(20)21-4-2)15-10-6-5-7-11-15/h5-7,10-11,14,16-17,19H,3-4,8-9,12-13H2,1-2H3. The van der Waals surface area contributed by atoms with E-state index in [9.17, 15) is 4.79 Å². The number of carbonyl (C=O) groups excluding carboxylic acids is 1. The lowest BCUT2D eigenvalue weighted by atomic mass is 9.83. The number of benzene rings is 1. The van der Waals surface area contributed by atoms with Gasteiger partial charge >= 0.3 is 5.97 Å². The molecule has 21 heavy (non-hydrogen) atoms. The zero-order valence-electron chi connectivity index (χ0n) is 13.2. The van der Waals surface area contributed by atoms with Gasteiger partial charge in [0.15, 0.2) is 0 Å². The van der Waals surface area contributed by atoms with E-state index in [1.54, 1.807) is 0 Å². The summed E-state index contributed by atoms with van der Waals surface area (Å²) >= 11 is 0. The summed E-state index contributed by atoms with van der Waals surface area (Å²) in [5, 5.41) is 3.55. The average Bonchev–Trinajstić information content (AvgIpc) is 2.54. The molecule has 1 aliphatic rings. The summed E-state index contributed by atoms with van der Waals surface area (Å²) in [6.07, 6.45) is 6.12. The van der Waals surface area contributed by atoms with Gasteiger partial charge in [0.2, 0.25) is 0 Å². The molecule has 3 nitrogen and oxygen atoms in total. The van der Waals surface area contributed by atoms with Crippen LogP contribution in [0.15, 0.2) is 30.3 Å². The number of hydrogen-bond donors (Lipinski definition) is 1. The Morgan fingerprint density at radius 3 is 2.71 bits per heavy atom. The van der Waals surface area contributed by atoms with E-state index in [4.69, 9.17) is 4.74 Å². The van der Waals surface area contributed by atoms with Crippen molar-refractivity contribution in [1.82, 2.24) is 5.32 Å². The van der Waals surface area contributed by atoms with Crippen LogP contribution in [-0.4, -0.2) is 18.6 Å². The van der Waals surface area contributed by atoms with E-state index in [0.717, 1.165) is 17.9 Å². The summed E-state index contributed by atoms with van der Waals surface area (Å²) in [7, 11) is 0. The van der Waals surface area contributed by atoms with Crippen LogP contribution in [0.2, 0.25) is 0 Å². The maximum Gasteiger partial charge on any atom is 0.327 e. The van der Waals surface area contributed by atoms with E-state index >= 15 is 0 Å². The lowest BCUT2D eigenvalue weighted by molar-refractivity contribution is -0.146. The van der Waals surface area contributed by atoms with Crippen molar-refractivity contribution in [2.75, 3.05) is 6.61 Å². The predicted octanol–water partition coefficient (Wildman–Crippen LogP) is 3.85. The zero-order valence-corrected chi connectivity index (χ0v) is 13.2. The number of ether oxygens (including phenoxy) is 1. The highest BCUT2D eigenvalue weighted by atomic mass is 16.5. The van der Waals surface area contributed by atoms with E-state index < -0.39 is 0 Å². The maximum atomic E-state index is 12.3. The molecule has 1 N–H and O–H groups in total. The van der Waals surface area contributed by atoms with Crippen molar-refractivity contribution < 1.29 is 9.53 Å². The van der Waals surface area contributed by atoms with Gasteiger partial charge in [-0.3, -0.25) is 5.32 Å². The summed E-state index contributed by atoms with van der Waals surface area (Å²) in [4.78, 5) is 12.3. The lowest BCUT2D eigenvalue weighted by Crippen LogP contribution is -2.40. The highest BCUT2D eigenvalue weighted by Gasteiger charge is 2.28. The van der Waals surface area contributed by atoms with E-state index in [1.807, 2.05) is 37.3 Å². The molecule has 0 bridgehead atoms. The molecule has 1 saturated carbocycles. The molecule has 0 aromatic heterocycles. The summed E-state index contributed by atoms with van der Waals surface area (Å²) in [5.74, 6) is 0.622. The smallest absolute Gasteiger partial charge is 0.327 e. The first kappa shape index (κ1) is 16.0. The molecular weight excluding hydrogens is 262 g/mol. The summed E-state index contributed by atoms with van der Waals surface area (Å²) in [6, 6.07) is 9.98. The minimum Gasteiger partial charge on any atom is -0.465 e. The molecule has 0 spiro atoms. The SMILES string of the molecule is CCOC(=O)C(NC1CCCC(CC)C1)c1ccccc1. The van der Waals surface area contributed by atoms with Crippen molar-refractivity contribution in [2.24, 2.45) is 5.92 Å². The van der Waals surface area contributed by atoms with Crippen LogP contribution in [0.5, 0.6) is 0 Å². The van der Waals surface area contributed by atoms with E-state index in [2.05, 4.69) is 12.2 Å². The molecule has 0 saturated heterocycles. The van der Waals surface area contributed by atoms with Gasteiger partial charge in [0.25, 0.3) is 0 Å². The van der Waals surface area contributed by atoms with Gasteiger partial charge in [0.1, 0.15) is 6.04 Å². The third-order valence-corrected chi connectivity index (χ3v) is 4.42. The molecule has 116 valence electrons. The lowest BCUT2D eigenvalue weighted by Gasteiger charge is -2.32. The minimum absolute atomic E-state index is 0.165. The fourth-order valence-corrected chi connectivity index (χ4v) is 3.22. The Bertz CT molecular complexity index is 432. The van der Waals surface area contributed by atoms with Crippen molar-refractivity contribution >= 4 is 5.97 Å². The van der Waals surface area contributed by atoms with Gasteiger partial charge in [-0.1, -0.05) is 56.5 Å². The van der Waals surface area contributed by atoms with Crippen LogP contribution < -0.4 is 5.32 Å². The number of carbonyl (C=O) groups is 1. The summed E-state index contributed by atoms with van der Waals surface area (Å²) in [5.41, 5.74) is 0.995. The maximum absolute atomic E-state index is 12.3. The van der Waals surface area contributed by atoms with Crippen LogP contribution in [-0.2, 0) is 9.53 Å². The quantitative estimate of drug-likeness (QED) is 0.808. The molecule has 2 rings (SSSR count). The Balaban J connectivity index is 2.07. The molecule has 3 atom stereocenters. The van der Waals surface area contributed by atoms with Crippen molar-refractivity contribution in [2.45, 2.75) is 58.0 Å². The van der Waals surface area contributed by atoms with E-state index in [0.29, 0.717) is 12.6 Å². The van der Waals surface area contributed by atoms with Gasteiger partial charge in [0.05, 0.1) is 6.61 Å². The van der Waals surface area contributed by atoms with Crippen molar-refractivity contribution in [3.8, 4) is 0 Å². The molecule has 1 aliphatic carbocycles. The second kappa shape index (κ2) is 8.18. The van der Waals surface area contributed by atoms with Gasteiger partial charge in [-0.2, -0.15) is 0 Å². The zero-order chi connectivity index (χ0) is 15.1. The Morgan fingerprint density at radius 2 is 2.05 bits per heavy atom. The van der Waals surface area contributed by atoms with E-state index in [1.165, 1.54) is 25.7 Å². The largest absolute Gasteiger partial charge is 0.465 e. The second-order valence-electron chi connectivity index (χ2n) is 5.90. The van der Waals surface area contributed by atoms with Crippen LogP contribution in [0.3, 0.4) is 0 Å². The molecule has 3 heteroatoms. The van der Waals surface area contributed by atoms with Gasteiger partial charge in [0, 0.05) is 6.04 Å². The summed E-state index contributed by atoms with van der Waals surface area (Å²) in [6.45, 7) is 4.53. The predicted molar refractivity (Wildman–Crippen MR) is 85.0 cm³/mol. The van der Waals surface area contributed by atoms with Crippen molar-refractivity contribution in [3.63, 3.8) is 0 Å².